The number of carbonyl (C=O) groups is 1. The van der Waals surface area contributed by atoms with Gasteiger partial charge in [0.05, 0.1) is 6.10 Å². The Hall–Kier alpha value is -3.23. The maximum absolute atomic E-state index is 12.1. The van der Waals surface area contributed by atoms with E-state index in [4.69, 9.17) is 9.15 Å². The smallest absolute Gasteiger partial charge is 0.234 e. The van der Waals surface area contributed by atoms with Gasteiger partial charge in [-0.2, -0.15) is 0 Å². The lowest BCUT2D eigenvalue weighted by molar-refractivity contribution is -0.130. The zero-order valence-corrected chi connectivity index (χ0v) is 18.9. The second-order valence-corrected chi connectivity index (χ2v) is 7.85. The predicted octanol–water partition coefficient (Wildman–Crippen LogP) is 2.94. The van der Waals surface area contributed by atoms with Gasteiger partial charge in [-0.25, -0.2) is 4.98 Å². The molecule has 2 aromatic heterocycles. The summed E-state index contributed by atoms with van der Waals surface area (Å²) in [6, 6.07) is 11.3. The number of oxazole rings is 1. The number of aryl methyl sites for hydroxylation is 1. The summed E-state index contributed by atoms with van der Waals surface area (Å²) in [4.78, 5) is 22.3. The minimum atomic E-state index is -0.606. The molecule has 0 saturated heterocycles. The van der Waals surface area contributed by atoms with Crippen LogP contribution in [0.1, 0.15) is 36.1 Å². The lowest BCUT2D eigenvalue weighted by atomic mass is 10.1. The summed E-state index contributed by atoms with van der Waals surface area (Å²) in [5.41, 5.74) is 3.26. The molecule has 32 heavy (non-hydrogen) atoms. The van der Waals surface area contributed by atoms with Gasteiger partial charge in [-0.05, 0) is 44.2 Å². The van der Waals surface area contributed by atoms with Crippen molar-refractivity contribution in [2.75, 3.05) is 33.8 Å². The molecule has 1 unspecified atom stereocenters. The van der Waals surface area contributed by atoms with Gasteiger partial charge in [0, 0.05) is 50.2 Å². The highest BCUT2D eigenvalue weighted by molar-refractivity contribution is 5.81. The minimum absolute atomic E-state index is 0.0567. The fraction of sp³-hybridized carbons (Fsp3) is 0.375. The van der Waals surface area contributed by atoms with Crippen LogP contribution in [0.5, 0.6) is 5.75 Å². The van der Waals surface area contributed by atoms with Crippen LogP contribution >= 0.6 is 0 Å². The third kappa shape index (κ3) is 6.15. The second kappa shape index (κ2) is 10.9. The molecule has 0 aliphatic heterocycles. The highest BCUT2D eigenvalue weighted by Gasteiger charge is 2.22. The predicted molar refractivity (Wildman–Crippen MR) is 121 cm³/mol. The SMILES string of the molecule is Cc1ccc([C@@H](O)CNCCOc2ccc(-c3coc(C(C)C(=O)N(C)C)n3)cc2)cn1. The summed E-state index contributed by atoms with van der Waals surface area (Å²) in [7, 11) is 3.42. The fourth-order valence-electron chi connectivity index (χ4n) is 3.11. The van der Waals surface area contributed by atoms with Gasteiger partial charge in [-0.15, -0.1) is 0 Å². The first-order valence-corrected chi connectivity index (χ1v) is 10.6. The number of nitrogens with zero attached hydrogens (tertiary/aromatic N) is 3. The fourth-order valence-corrected chi connectivity index (χ4v) is 3.11. The van der Waals surface area contributed by atoms with Crippen LogP contribution in [0.25, 0.3) is 11.3 Å². The molecule has 3 rings (SSSR count). The molecule has 0 aliphatic rings. The maximum Gasteiger partial charge on any atom is 0.234 e. The normalized spacial score (nSPS) is 12.9. The highest BCUT2D eigenvalue weighted by atomic mass is 16.5. The Bertz CT molecular complexity index is 1000. The summed E-state index contributed by atoms with van der Waals surface area (Å²) in [5.74, 6) is 0.640. The monoisotopic (exact) mass is 438 g/mol. The van der Waals surface area contributed by atoms with E-state index in [2.05, 4.69) is 15.3 Å². The van der Waals surface area contributed by atoms with Crippen LogP contribution in [0.15, 0.2) is 53.3 Å². The van der Waals surface area contributed by atoms with E-state index >= 15 is 0 Å². The number of aliphatic hydroxyl groups is 1. The number of aromatic nitrogens is 2. The van der Waals surface area contributed by atoms with Crippen LogP contribution in [0.4, 0.5) is 0 Å². The first-order valence-electron chi connectivity index (χ1n) is 10.6. The Kier molecular flexibility index (Phi) is 7.97. The molecule has 170 valence electrons. The van der Waals surface area contributed by atoms with Gasteiger partial charge in [0.1, 0.15) is 30.2 Å². The van der Waals surface area contributed by atoms with Crippen LogP contribution in [0, 0.1) is 6.92 Å². The van der Waals surface area contributed by atoms with Gasteiger partial charge in [0.15, 0.2) is 0 Å². The van der Waals surface area contributed by atoms with E-state index in [9.17, 15) is 9.90 Å². The number of pyridine rings is 1. The third-order valence-electron chi connectivity index (χ3n) is 5.06. The number of benzene rings is 1. The zero-order valence-electron chi connectivity index (χ0n) is 18.9. The standard InChI is InChI=1S/C24H30N4O4/c1-16-5-6-19(13-26-16)22(29)14-25-11-12-31-20-9-7-18(8-10-20)21-15-32-23(27-21)17(2)24(30)28(3)4/h5-10,13,15,17,22,25,29H,11-12,14H2,1-4H3/t17?,22-/m0/s1. The van der Waals surface area contributed by atoms with E-state index in [0.717, 1.165) is 22.6 Å². The first kappa shape index (κ1) is 23.4. The van der Waals surface area contributed by atoms with E-state index in [0.29, 0.717) is 31.3 Å². The molecule has 8 heteroatoms. The molecule has 0 radical (unpaired) electrons. The molecular formula is C24H30N4O4. The van der Waals surface area contributed by atoms with Gasteiger partial charge in [-0.1, -0.05) is 6.07 Å². The summed E-state index contributed by atoms with van der Waals surface area (Å²) in [6.07, 6.45) is 2.65. The molecule has 8 nitrogen and oxygen atoms in total. The second-order valence-electron chi connectivity index (χ2n) is 7.85. The summed E-state index contributed by atoms with van der Waals surface area (Å²) >= 11 is 0. The van der Waals surface area contributed by atoms with Crippen molar-refractivity contribution >= 4 is 5.91 Å². The van der Waals surface area contributed by atoms with Crippen molar-refractivity contribution in [1.29, 1.82) is 0 Å². The van der Waals surface area contributed by atoms with Gasteiger partial charge in [0.2, 0.25) is 11.8 Å². The van der Waals surface area contributed by atoms with E-state index in [1.807, 2.05) is 43.3 Å². The Morgan fingerprint density at radius 3 is 2.62 bits per heavy atom. The molecule has 2 heterocycles. The topological polar surface area (TPSA) is 101 Å². The number of carbonyl (C=O) groups excluding carboxylic acids is 1. The highest BCUT2D eigenvalue weighted by Crippen LogP contribution is 2.25. The van der Waals surface area contributed by atoms with Crippen LogP contribution in [0.2, 0.25) is 0 Å². The molecular weight excluding hydrogens is 408 g/mol. The van der Waals surface area contributed by atoms with Crippen molar-refractivity contribution in [1.82, 2.24) is 20.2 Å². The maximum atomic E-state index is 12.1. The van der Waals surface area contributed by atoms with Crippen molar-refractivity contribution in [3.63, 3.8) is 0 Å². The van der Waals surface area contributed by atoms with Crippen LogP contribution in [-0.4, -0.2) is 59.7 Å². The first-order chi connectivity index (χ1) is 15.3. The van der Waals surface area contributed by atoms with Crippen molar-refractivity contribution in [2.45, 2.75) is 25.9 Å². The molecule has 0 bridgehead atoms. The summed E-state index contributed by atoms with van der Waals surface area (Å²) in [5, 5.41) is 13.4. The van der Waals surface area contributed by atoms with Gasteiger partial charge in [-0.3, -0.25) is 9.78 Å². The Morgan fingerprint density at radius 1 is 1.22 bits per heavy atom. The van der Waals surface area contributed by atoms with Crippen molar-refractivity contribution in [3.8, 4) is 17.0 Å². The largest absolute Gasteiger partial charge is 0.492 e. The van der Waals surface area contributed by atoms with Crippen molar-refractivity contribution in [2.24, 2.45) is 0 Å². The van der Waals surface area contributed by atoms with E-state index in [1.54, 1.807) is 33.5 Å². The average molecular weight is 439 g/mol. The van der Waals surface area contributed by atoms with Crippen LogP contribution in [-0.2, 0) is 4.79 Å². The molecule has 1 amide bonds. The van der Waals surface area contributed by atoms with Gasteiger partial charge in [0.25, 0.3) is 0 Å². The number of hydrogen-bond acceptors (Lipinski definition) is 7. The zero-order chi connectivity index (χ0) is 23.1. The molecule has 3 aromatic rings. The quantitative estimate of drug-likeness (QED) is 0.469. The number of ether oxygens (including phenoxy) is 1. The number of nitrogens with one attached hydrogen (secondary N) is 1. The summed E-state index contributed by atoms with van der Waals surface area (Å²) < 4.78 is 11.3. The Morgan fingerprint density at radius 2 is 1.97 bits per heavy atom. The number of hydrogen-bond donors (Lipinski definition) is 2. The Balaban J connectivity index is 1.44. The molecule has 0 spiro atoms. The molecule has 0 aliphatic carbocycles. The lowest BCUT2D eigenvalue weighted by Crippen LogP contribution is -2.26. The van der Waals surface area contributed by atoms with Gasteiger partial charge >= 0.3 is 0 Å². The van der Waals surface area contributed by atoms with E-state index in [1.165, 1.54) is 4.90 Å². The lowest BCUT2D eigenvalue weighted by Gasteiger charge is -2.13. The van der Waals surface area contributed by atoms with E-state index in [-0.39, 0.29) is 5.91 Å². The van der Waals surface area contributed by atoms with Crippen LogP contribution in [0.3, 0.4) is 0 Å². The Labute approximate surface area is 188 Å². The third-order valence-corrected chi connectivity index (χ3v) is 5.06. The molecule has 2 atom stereocenters. The molecule has 0 saturated carbocycles. The van der Waals surface area contributed by atoms with Crippen LogP contribution < -0.4 is 10.1 Å². The minimum Gasteiger partial charge on any atom is -0.492 e. The molecule has 2 N–H and O–H groups in total. The van der Waals surface area contributed by atoms with Gasteiger partial charge < -0.3 is 24.5 Å². The van der Waals surface area contributed by atoms with Crippen molar-refractivity contribution in [3.05, 3.63) is 66.0 Å². The number of aliphatic hydroxyl groups excluding tert-OH is 1. The molecule has 0 fully saturated rings. The summed E-state index contributed by atoms with van der Waals surface area (Å²) in [6.45, 7) is 5.19. The number of amides is 1. The average Bonchev–Trinajstić information content (AvgIpc) is 3.29. The van der Waals surface area contributed by atoms with E-state index < -0.39 is 12.0 Å². The van der Waals surface area contributed by atoms with Crippen molar-refractivity contribution < 1.29 is 19.1 Å². The number of likely N-dealkylation sites (N-methyl/N-ethyl adjacent to an activating group) is 1. The number of rotatable bonds is 10. The molecule has 1 aromatic carbocycles.